The highest BCUT2D eigenvalue weighted by Gasteiger charge is 2.42. The molecule has 3 atom stereocenters. The quantitative estimate of drug-likeness (QED) is 0.682. The number of rotatable bonds is 1. The number of alkyl halides is 3. The van der Waals surface area contributed by atoms with E-state index < -0.39 is 11.7 Å². The SMILES string of the molecule is FC(F)(F)c1ccccc1[C@@H]1Nc2ccccc2[C@@H]2C=CC[C@H]21. The Balaban J connectivity index is 1.83. The van der Waals surface area contributed by atoms with Crippen LogP contribution >= 0.6 is 0 Å². The zero-order valence-corrected chi connectivity index (χ0v) is 12.3. The van der Waals surface area contributed by atoms with Gasteiger partial charge in [0, 0.05) is 11.6 Å². The minimum absolute atomic E-state index is 0.119. The van der Waals surface area contributed by atoms with Crippen LogP contribution in [0.1, 0.15) is 35.1 Å². The third-order valence-corrected chi connectivity index (χ3v) is 4.87. The summed E-state index contributed by atoms with van der Waals surface area (Å²) >= 11 is 0. The van der Waals surface area contributed by atoms with Gasteiger partial charge in [-0.15, -0.1) is 0 Å². The monoisotopic (exact) mass is 315 g/mol. The lowest BCUT2D eigenvalue weighted by atomic mass is 9.76. The van der Waals surface area contributed by atoms with Crippen LogP contribution in [0.25, 0.3) is 0 Å². The maximum Gasteiger partial charge on any atom is 0.416 e. The molecule has 0 radical (unpaired) electrons. The number of para-hydroxylation sites is 1. The molecule has 0 saturated heterocycles. The molecule has 0 unspecified atom stereocenters. The summed E-state index contributed by atoms with van der Waals surface area (Å²) in [6.45, 7) is 0. The van der Waals surface area contributed by atoms with Crippen molar-refractivity contribution in [3.8, 4) is 0 Å². The van der Waals surface area contributed by atoms with Crippen LogP contribution in [0, 0.1) is 5.92 Å². The van der Waals surface area contributed by atoms with Gasteiger partial charge in [-0.3, -0.25) is 0 Å². The predicted octanol–water partition coefficient (Wildman–Crippen LogP) is 5.53. The van der Waals surface area contributed by atoms with Crippen LogP contribution in [0.2, 0.25) is 0 Å². The fraction of sp³-hybridized carbons (Fsp3) is 0.263. The van der Waals surface area contributed by atoms with Crippen molar-refractivity contribution in [1.82, 2.24) is 0 Å². The van der Waals surface area contributed by atoms with Gasteiger partial charge >= 0.3 is 6.18 Å². The molecule has 0 saturated carbocycles. The van der Waals surface area contributed by atoms with E-state index in [4.69, 9.17) is 0 Å². The number of anilines is 1. The van der Waals surface area contributed by atoms with Crippen LogP contribution in [-0.4, -0.2) is 0 Å². The molecule has 0 aromatic heterocycles. The number of nitrogens with one attached hydrogen (secondary N) is 1. The molecule has 2 aromatic rings. The molecule has 23 heavy (non-hydrogen) atoms. The van der Waals surface area contributed by atoms with Crippen LogP contribution in [0.3, 0.4) is 0 Å². The van der Waals surface area contributed by atoms with Crippen molar-refractivity contribution >= 4 is 5.69 Å². The van der Waals surface area contributed by atoms with Gasteiger partial charge < -0.3 is 5.32 Å². The molecule has 1 aliphatic carbocycles. The van der Waals surface area contributed by atoms with E-state index >= 15 is 0 Å². The number of benzene rings is 2. The summed E-state index contributed by atoms with van der Waals surface area (Å²) in [6.07, 6.45) is 0.676. The number of halogens is 3. The minimum Gasteiger partial charge on any atom is -0.378 e. The van der Waals surface area contributed by atoms with Crippen LogP contribution < -0.4 is 5.32 Å². The van der Waals surface area contributed by atoms with E-state index in [0.717, 1.165) is 12.1 Å². The first-order valence-electron chi connectivity index (χ1n) is 7.74. The van der Waals surface area contributed by atoms with Gasteiger partial charge in [0.2, 0.25) is 0 Å². The molecule has 4 heteroatoms. The molecule has 118 valence electrons. The minimum atomic E-state index is -4.34. The van der Waals surface area contributed by atoms with Crippen molar-refractivity contribution in [3.63, 3.8) is 0 Å². The average Bonchev–Trinajstić information content (AvgIpc) is 3.03. The first-order chi connectivity index (χ1) is 11.1. The molecule has 1 heterocycles. The fourth-order valence-electron chi connectivity index (χ4n) is 3.88. The molecule has 0 spiro atoms. The second kappa shape index (κ2) is 5.15. The van der Waals surface area contributed by atoms with Crippen LogP contribution in [0.5, 0.6) is 0 Å². The highest BCUT2D eigenvalue weighted by molar-refractivity contribution is 5.60. The van der Waals surface area contributed by atoms with Gasteiger partial charge in [0.1, 0.15) is 0 Å². The number of allylic oxidation sites excluding steroid dienone is 2. The van der Waals surface area contributed by atoms with Crippen LogP contribution in [0.15, 0.2) is 60.7 Å². The van der Waals surface area contributed by atoms with Crippen molar-refractivity contribution < 1.29 is 13.2 Å². The van der Waals surface area contributed by atoms with Gasteiger partial charge in [-0.05, 0) is 35.6 Å². The van der Waals surface area contributed by atoms with Crippen molar-refractivity contribution in [2.45, 2.75) is 24.6 Å². The summed E-state index contributed by atoms with van der Waals surface area (Å²) in [5, 5.41) is 3.36. The van der Waals surface area contributed by atoms with Gasteiger partial charge in [-0.25, -0.2) is 0 Å². The zero-order chi connectivity index (χ0) is 16.0. The Kier molecular flexibility index (Phi) is 3.22. The van der Waals surface area contributed by atoms with Crippen molar-refractivity contribution in [2.75, 3.05) is 5.32 Å². The molecule has 0 amide bonds. The normalized spacial score (nSPS) is 25.6. The average molecular weight is 315 g/mol. The highest BCUT2D eigenvalue weighted by atomic mass is 19.4. The lowest BCUT2D eigenvalue weighted by Crippen LogP contribution is -2.30. The van der Waals surface area contributed by atoms with Gasteiger partial charge in [0.05, 0.1) is 11.6 Å². The zero-order valence-electron chi connectivity index (χ0n) is 12.3. The first kappa shape index (κ1) is 14.4. The van der Waals surface area contributed by atoms with E-state index in [-0.39, 0.29) is 17.9 Å². The maximum atomic E-state index is 13.4. The van der Waals surface area contributed by atoms with E-state index in [1.807, 2.05) is 18.2 Å². The largest absolute Gasteiger partial charge is 0.416 e. The molecule has 2 aromatic carbocycles. The van der Waals surface area contributed by atoms with E-state index in [0.29, 0.717) is 5.56 Å². The summed E-state index contributed by atoms with van der Waals surface area (Å²) in [7, 11) is 0. The topological polar surface area (TPSA) is 12.0 Å². The molecule has 4 rings (SSSR count). The summed E-state index contributed by atoms with van der Waals surface area (Å²) in [6, 6.07) is 13.5. The first-order valence-corrected chi connectivity index (χ1v) is 7.74. The third-order valence-electron chi connectivity index (χ3n) is 4.87. The summed E-state index contributed by atoms with van der Waals surface area (Å²) in [4.78, 5) is 0. The Labute approximate surface area is 132 Å². The molecular formula is C19H16F3N. The van der Waals surface area contributed by atoms with Gasteiger partial charge in [0.15, 0.2) is 0 Å². The second-order valence-corrected chi connectivity index (χ2v) is 6.15. The molecule has 1 N–H and O–H groups in total. The van der Waals surface area contributed by atoms with Crippen molar-refractivity contribution in [3.05, 3.63) is 77.4 Å². The lowest BCUT2D eigenvalue weighted by molar-refractivity contribution is -0.138. The Morgan fingerprint density at radius 1 is 0.913 bits per heavy atom. The van der Waals surface area contributed by atoms with Gasteiger partial charge in [-0.2, -0.15) is 13.2 Å². The Hall–Kier alpha value is -2.23. The summed E-state index contributed by atoms with van der Waals surface area (Å²) in [5.74, 6) is 0.298. The Morgan fingerprint density at radius 3 is 2.39 bits per heavy atom. The highest BCUT2D eigenvalue weighted by Crippen LogP contribution is 2.51. The molecule has 0 bridgehead atoms. The van der Waals surface area contributed by atoms with Crippen LogP contribution in [0.4, 0.5) is 18.9 Å². The Bertz CT molecular complexity index is 763. The molecule has 2 aliphatic rings. The number of hydrogen-bond donors (Lipinski definition) is 1. The van der Waals surface area contributed by atoms with E-state index in [1.54, 1.807) is 12.1 Å². The lowest BCUT2D eigenvalue weighted by Gasteiger charge is -2.38. The smallest absolute Gasteiger partial charge is 0.378 e. The molecule has 1 aliphatic heterocycles. The number of fused-ring (bicyclic) bond motifs is 3. The molecule has 0 fully saturated rings. The fourth-order valence-corrected chi connectivity index (χ4v) is 3.88. The van der Waals surface area contributed by atoms with Crippen molar-refractivity contribution in [2.24, 2.45) is 5.92 Å². The predicted molar refractivity (Wildman–Crippen MR) is 84.2 cm³/mol. The van der Waals surface area contributed by atoms with E-state index in [1.165, 1.54) is 17.7 Å². The molecular weight excluding hydrogens is 299 g/mol. The Morgan fingerprint density at radius 2 is 1.61 bits per heavy atom. The second-order valence-electron chi connectivity index (χ2n) is 6.15. The number of hydrogen-bond acceptors (Lipinski definition) is 1. The third kappa shape index (κ3) is 2.33. The maximum absolute atomic E-state index is 13.4. The molecule has 1 nitrogen and oxygen atoms in total. The summed E-state index contributed by atoms with van der Waals surface area (Å²) in [5.41, 5.74) is 1.91. The standard InChI is InChI=1S/C19H16F3N/c20-19(21,22)16-10-3-1-7-15(16)18-14-9-5-8-12(14)13-6-2-4-11-17(13)23-18/h1-8,10-12,14,18,23H,9H2/t12-,14+,18+/m0/s1. The van der Waals surface area contributed by atoms with E-state index in [9.17, 15) is 13.2 Å². The van der Waals surface area contributed by atoms with Crippen molar-refractivity contribution in [1.29, 1.82) is 0 Å². The summed E-state index contributed by atoms with van der Waals surface area (Å²) < 4.78 is 40.2. The van der Waals surface area contributed by atoms with E-state index in [2.05, 4.69) is 23.5 Å². The van der Waals surface area contributed by atoms with Gasteiger partial charge in [0.25, 0.3) is 0 Å². The van der Waals surface area contributed by atoms with Gasteiger partial charge in [-0.1, -0.05) is 48.6 Å². The van der Waals surface area contributed by atoms with Crippen LogP contribution in [-0.2, 0) is 6.18 Å².